The zero-order chi connectivity index (χ0) is 16.8. The molecule has 2 aromatic rings. The van der Waals surface area contributed by atoms with E-state index in [0.29, 0.717) is 6.04 Å². The molecule has 3 nitrogen and oxygen atoms in total. The predicted molar refractivity (Wildman–Crippen MR) is 98.4 cm³/mol. The van der Waals surface area contributed by atoms with Crippen molar-refractivity contribution in [2.45, 2.75) is 46.1 Å². The Kier molecular flexibility index (Phi) is 3.92. The van der Waals surface area contributed by atoms with Crippen LogP contribution in [0.1, 0.15) is 50.9 Å². The predicted octanol–water partition coefficient (Wildman–Crippen LogP) is 3.72. The monoisotopic (exact) mass is 325 g/mol. The minimum Gasteiger partial charge on any atom is -0.497 e. The summed E-state index contributed by atoms with van der Waals surface area (Å²) >= 11 is 0. The highest BCUT2D eigenvalue weighted by Crippen LogP contribution is 2.42. The molecule has 4 rings (SSSR count). The van der Waals surface area contributed by atoms with Crippen molar-refractivity contribution >= 4 is 10.9 Å². The number of quaternary nitrogens is 1. The summed E-state index contributed by atoms with van der Waals surface area (Å²) in [5.41, 5.74) is 7.46. The van der Waals surface area contributed by atoms with Crippen LogP contribution >= 0.6 is 0 Å². The molecule has 1 aromatic carbocycles. The summed E-state index contributed by atoms with van der Waals surface area (Å²) in [6.07, 6.45) is 3.64. The van der Waals surface area contributed by atoms with E-state index in [4.69, 9.17) is 4.74 Å². The molecule has 0 saturated carbocycles. The highest BCUT2D eigenvalue weighted by molar-refractivity contribution is 5.86. The van der Waals surface area contributed by atoms with Crippen molar-refractivity contribution in [3.05, 3.63) is 40.6 Å². The number of ether oxygens (including phenoxy) is 1. The molecule has 0 amide bonds. The van der Waals surface area contributed by atoms with E-state index in [0.717, 1.165) is 24.0 Å². The molecule has 24 heavy (non-hydrogen) atoms. The Morgan fingerprint density at radius 3 is 2.75 bits per heavy atom. The van der Waals surface area contributed by atoms with E-state index >= 15 is 0 Å². The maximum Gasteiger partial charge on any atom is 0.130 e. The molecular formula is C21H29N2O+. The minimum atomic E-state index is 0.560. The number of methoxy groups -OCH3 is 1. The van der Waals surface area contributed by atoms with E-state index in [9.17, 15) is 0 Å². The van der Waals surface area contributed by atoms with Gasteiger partial charge in [0.1, 0.15) is 11.8 Å². The summed E-state index contributed by atoms with van der Waals surface area (Å²) in [6.45, 7) is 8.27. The first-order valence-corrected chi connectivity index (χ1v) is 9.25. The maximum atomic E-state index is 5.44. The van der Waals surface area contributed by atoms with Gasteiger partial charge in [-0.2, -0.15) is 0 Å². The van der Waals surface area contributed by atoms with Gasteiger partial charge in [0.2, 0.25) is 0 Å². The average molecular weight is 325 g/mol. The molecule has 1 aromatic heterocycles. The highest BCUT2D eigenvalue weighted by Gasteiger charge is 2.38. The molecule has 1 aliphatic carbocycles. The number of hydrogen-bond donors (Lipinski definition) is 2. The van der Waals surface area contributed by atoms with Gasteiger partial charge in [-0.15, -0.1) is 0 Å². The van der Waals surface area contributed by atoms with E-state index < -0.39 is 0 Å². The number of allylic oxidation sites excluding steroid dienone is 2. The third-order valence-electron chi connectivity index (χ3n) is 6.39. The van der Waals surface area contributed by atoms with Gasteiger partial charge in [-0.3, -0.25) is 0 Å². The van der Waals surface area contributed by atoms with Crippen LogP contribution in [0.3, 0.4) is 0 Å². The van der Waals surface area contributed by atoms with E-state index in [1.54, 1.807) is 18.3 Å². The molecule has 0 bridgehead atoms. The number of fused-ring (bicyclic) bond motifs is 3. The molecule has 3 atom stereocenters. The number of nitrogens with two attached hydrogens (primary N) is 1. The number of aromatic nitrogens is 1. The van der Waals surface area contributed by atoms with Crippen molar-refractivity contribution in [1.29, 1.82) is 0 Å². The van der Waals surface area contributed by atoms with E-state index in [1.165, 1.54) is 41.5 Å². The first-order valence-electron chi connectivity index (χ1n) is 9.25. The summed E-state index contributed by atoms with van der Waals surface area (Å²) in [4.78, 5) is 3.76. The van der Waals surface area contributed by atoms with Gasteiger partial charge < -0.3 is 15.0 Å². The Balaban J connectivity index is 1.76. The van der Waals surface area contributed by atoms with Gasteiger partial charge in [0, 0.05) is 23.2 Å². The molecule has 3 unspecified atom stereocenters. The standard InChI is InChI=1S/C21H28N2O/c1-12-9-14(3)17(10-13(12)2)20-21-16(7-8-22-20)18-11-15(24-4)5-6-19(18)23-21/h5-6,11,14,17,20,22-23H,7-10H2,1-4H3/p+1. The number of H-pyrrole nitrogens is 1. The van der Waals surface area contributed by atoms with E-state index in [1.807, 2.05) is 0 Å². The highest BCUT2D eigenvalue weighted by atomic mass is 16.5. The first kappa shape index (κ1) is 15.8. The SMILES string of the molecule is COc1ccc2[nH]c3c(c2c1)CC[NH2+]C3C1CC(C)=C(C)CC1C. The molecule has 0 fully saturated rings. The van der Waals surface area contributed by atoms with Gasteiger partial charge in [0.25, 0.3) is 0 Å². The number of benzene rings is 1. The van der Waals surface area contributed by atoms with Crippen molar-refractivity contribution in [2.24, 2.45) is 11.8 Å². The molecule has 3 heteroatoms. The summed E-state index contributed by atoms with van der Waals surface area (Å²) in [6, 6.07) is 6.99. The van der Waals surface area contributed by atoms with Crippen LogP contribution in [-0.2, 0) is 6.42 Å². The number of aromatic amines is 1. The minimum absolute atomic E-state index is 0.560. The van der Waals surface area contributed by atoms with Crippen molar-refractivity contribution in [1.82, 2.24) is 4.98 Å². The maximum absolute atomic E-state index is 5.44. The van der Waals surface area contributed by atoms with Gasteiger partial charge in [-0.1, -0.05) is 18.1 Å². The molecule has 128 valence electrons. The van der Waals surface area contributed by atoms with Crippen molar-refractivity contribution in [3.8, 4) is 5.75 Å². The van der Waals surface area contributed by atoms with Crippen LogP contribution < -0.4 is 10.1 Å². The quantitative estimate of drug-likeness (QED) is 0.812. The smallest absolute Gasteiger partial charge is 0.130 e. The zero-order valence-corrected chi connectivity index (χ0v) is 15.3. The Labute approximate surface area is 144 Å². The van der Waals surface area contributed by atoms with Crippen LogP contribution in [0.5, 0.6) is 5.75 Å². The van der Waals surface area contributed by atoms with Gasteiger partial charge in [0.15, 0.2) is 0 Å². The molecule has 2 aliphatic rings. The topological polar surface area (TPSA) is 41.6 Å². The average Bonchev–Trinajstić information content (AvgIpc) is 2.96. The summed E-state index contributed by atoms with van der Waals surface area (Å²) in [5, 5.41) is 3.93. The molecule has 0 radical (unpaired) electrons. The van der Waals surface area contributed by atoms with Crippen molar-refractivity contribution < 1.29 is 10.1 Å². The molecule has 3 N–H and O–H groups in total. The first-order chi connectivity index (χ1) is 11.6. The van der Waals surface area contributed by atoms with Crippen LogP contribution in [0.25, 0.3) is 10.9 Å². The lowest BCUT2D eigenvalue weighted by Gasteiger charge is -2.36. The fourth-order valence-electron chi connectivity index (χ4n) is 4.86. The second kappa shape index (κ2) is 5.96. The Morgan fingerprint density at radius 2 is 1.96 bits per heavy atom. The van der Waals surface area contributed by atoms with Crippen LogP contribution in [0.15, 0.2) is 29.3 Å². The lowest BCUT2D eigenvalue weighted by Crippen LogP contribution is -2.88. The molecule has 1 aliphatic heterocycles. The summed E-state index contributed by atoms with van der Waals surface area (Å²) in [7, 11) is 1.75. The molecule has 2 heterocycles. The van der Waals surface area contributed by atoms with Crippen LogP contribution in [-0.4, -0.2) is 18.6 Å². The Hall–Kier alpha value is -1.74. The Morgan fingerprint density at radius 1 is 1.17 bits per heavy atom. The van der Waals surface area contributed by atoms with E-state index in [-0.39, 0.29) is 0 Å². The third kappa shape index (κ3) is 2.46. The molecule has 0 saturated heterocycles. The van der Waals surface area contributed by atoms with Crippen LogP contribution in [0.4, 0.5) is 0 Å². The van der Waals surface area contributed by atoms with Gasteiger partial charge in [-0.25, -0.2) is 0 Å². The fourth-order valence-corrected chi connectivity index (χ4v) is 4.86. The van der Waals surface area contributed by atoms with Crippen molar-refractivity contribution in [3.63, 3.8) is 0 Å². The zero-order valence-electron chi connectivity index (χ0n) is 15.3. The second-order valence-corrected chi connectivity index (χ2v) is 7.84. The number of rotatable bonds is 2. The normalized spacial score (nSPS) is 27.4. The van der Waals surface area contributed by atoms with Gasteiger partial charge in [-0.05, 0) is 56.4 Å². The van der Waals surface area contributed by atoms with Crippen LogP contribution in [0.2, 0.25) is 0 Å². The lowest BCUT2D eigenvalue weighted by atomic mass is 9.72. The van der Waals surface area contributed by atoms with Gasteiger partial charge >= 0.3 is 0 Å². The van der Waals surface area contributed by atoms with E-state index in [2.05, 4.69) is 49.3 Å². The van der Waals surface area contributed by atoms with Gasteiger partial charge in [0.05, 0.1) is 19.3 Å². The largest absolute Gasteiger partial charge is 0.497 e. The summed E-state index contributed by atoms with van der Waals surface area (Å²) in [5.74, 6) is 2.43. The molecular weight excluding hydrogens is 296 g/mol. The number of hydrogen-bond acceptors (Lipinski definition) is 1. The van der Waals surface area contributed by atoms with Crippen LogP contribution in [0, 0.1) is 11.8 Å². The lowest BCUT2D eigenvalue weighted by molar-refractivity contribution is -0.707. The Bertz CT molecular complexity index is 802. The van der Waals surface area contributed by atoms with Crippen molar-refractivity contribution in [2.75, 3.05) is 13.7 Å². The fraction of sp³-hybridized carbons (Fsp3) is 0.524. The molecule has 0 spiro atoms. The summed E-state index contributed by atoms with van der Waals surface area (Å²) < 4.78 is 5.44. The third-order valence-corrected chi connectivity index (χ3v) is 6.39. The number of nitrogens with one attached hydrogen (secondary N) is 1. The second-order valence-electron chi connectivity index (χ2n) is 7.84.